The number of hydrogen-bond donors (Lipinski definition) is 2. The average Bonchev–Trinajstić information content (AvgIpc) is 3.02. The van der Waals surface area contributed by atoms with Gasteiger partial charge in [-0.25, -0.2) is 0 Å². The number of hydrogen-bond acceptors (Lipinski definition) is 3. The maximum absolute atomic E-state index is 12.6. The molecule has 24 heavy (non-hydrogen) atoms. The minimum Gasteiger partial charge on any atom is -0.491 e. The molecule has 0 heterocycles. The molecule has 4 nitrogen and oxygen atoms in total. The molecule has 0 radical (unpaired) electrons. The summed E-state index contributed by atoms with van der Waals surface area (Å²) in [6.45, 7) is -0.146. The number of carbonyl (C=O) groups excluding carboxylic acids is 1. The molecule has 1 aromatic rings. The summed E-state index contributed by atoms with van der Waals surface area (Å²) >= 11 is 0. The molecule has 1 aromatic carbocycles. The third-order valence-corrected chi connectivity index (χ3v) is 4.82. The highest BCUT2D eigenvalue weighted by Gasteiger charge is 2.56. The van der Waals surface area contributed by atoms with Crippen molar-refractivity contribution < 1.29 is 27.8 Å². The first-order valence-corrected chi connectivity index (χ1v) is 8.12. The number of halogens is 3. The first-order chi connectivity index (χ1) is 11.4. The third kappa shape index (κ3) is 3.83. The zero-order valence-corrected chi connectivity index (χ0v) is 13.1. The van der Waals surface area contributed by atoms with Crippen molar-refractivity contribution >= 4 is 5.91 Å². The first kappa shape index (κ1) is 17.1. The van der Waals surface area contributed by atoms with Crippen molar-refractivity contribution in [3.63, 3.8) is 0 Å². The van der Waals surface area contributed by atoms with Crippen LogP contribution in [0.1, 0.15) is 24.8 Å². The van der Waals surface area contributed by atoms with Crippen molar-refractivity contribution in [2.45, 2.75) is 31.5 Å². The van der Waals surface area contributed by atoms with E-state index in [-0.39, 0.29) is 30.7 Å². The lowest BCUT2D eigenvalue weighted by atomic mass is 10.1. The molecule has 0 spiro atoms. The Morgan fingerprint density at radius 3 is 2.71 bits per heavy atom. The fourth-order valence-electron chi connectivity index (χ4n) is 3.56. The predicted octanol–water partition coefficient (Wildman–Crippen LogP) is 2.61. The molecular weight excluding hydrogens is 323 g/mol. The van der Waals surface area contributed by atoms with Crippen LogP contribution in [-0.2, 0) is 11.0 Å². The summed E-state index contributed by atoms with van der Waals surface area (Å²) in [5, 5.41) is 12.5. The molecule has 2 N–H and O–H groups in total. The number of ether oxygens (including phenoxy) is 1. The quantitative estimate of drug-likeness (QED) is 0.835. The van der Waals surface area contributed by atoms with Crippen LogP contribution in [0, 0.1) is 17.8 Å². The van der Waals surface area contributed by atoms with E-state index in [9.17, 15) is 23.1 Å². The molecule has 132 valence electrons. The highest BCUT2D eigenvalue weighted by atomic mass is 19.4. The van der Waals surface area contributed by atoms with Crippen LogP contribution < -0.4 is 10.1 Å². The Bertz CT molecular complexity index is 595. The van der Waals surface area contributed by atoms with Crippen molar-refractivity contribution in [3.05, 3.63) is 29.8 Å². The van der Waals surface area contributed by atoms with Gasteiger partial charge >= 0.3 is 6.18 Å². The van der Waals surface area contributed by atoms with E-state index in [0.717, 1.165) is 25.0 Å². The molecule has 0 aromatic heterocycles. The molecule has 3 atom stereocenters. The minimum atomic E-state index is -4.44. The van der Waals surface area contributed by atoms with Gasteiger partial charge in [0.25, 0.3) is 0 Å². The van der Waals surface area contributed by atoms with Gasteiger partial charge in [-0.2, -0.15) is 13.2 Å². The Kier molecular flexibility index (Phi) is 4.71. The van der Waals surface area contributed by atoms with Gasteiger partial charge < -0.3 is 15.2 Å². The number of fused-ring (bicyclic) bond motifs is 1. The standard InChI is InChI=1S/C17H20F3NO3/c18-17(19,20)10-3-1-4-12(7-10)24-9-11(22)8-21-16(23)15-13-5-2-6-14(13)15/h1,3-4,7,11,13-15,22H,2,5-6,8-9H2,(H,21,23). The first-order valence-electron chi connectivity index (χ1n) is 8.12. The van der Waals surface area contributed by atoms with E-state index in [0.29, 0.717) is 11.8 Å². The van der Waals surface area contributed by atoms with Gasteiger partial charge in [-0.05, 0) is 42.9 Å². The number of rotatable bonds is 6. The largest absolute Gasteiger partial charge is 0.491 e. The van der Waals surface area contributed by atoms with Crippen LogP contribution in [0.15, 0.2) is 24.3 Å². The Morgan fingerprint density at radius 1 is 1.33 bits per heavy atom. The Morgan fingerprint density at radius 2 is 2.04 bits per heavy atom. The topological polar surface area (TPSA) is 58.6 Å². The molecule has 3 unspecified atom stereocenters. The molecule has 2 aliphatic carbocycles. The second-order valence-electron chi connectivity index (χ2n) is 6.52. The van der Waals surface area contributed by atoms with E-state index in [1.54, 1.807) is 0 Å². The van der Waals surface area contributed by atoms with Gasteiger partial charge in [-0.15, -0.1) is 0 Å². The summed E-state index contributed by atoms with van der Waals surface area (Å²) in [5.41, 5.74) is -0.803. The lowest BCUT2D eigenvalue weighted by Crippen LogP contribution is -2.36. The number of carbonyl (C=O) groups is 1. The van der Waals surface area contributed by atoms with E-state index >= 15 is 0 Å². The maximum Gasteiger partial charge on any atom is 0.416 e. The number of aliphatic hydroxyl groups excluding tert-OH is 1. The highest BCUT2D eigenvalue weighted by molar-refractivity contribution is 5.82. The van der Waals surface area contributed by atoms with E-state index < -0.39 is 17.8 Å². The lowest BCUT2D eigenvalue weighted by Gasteiger charge is -2.15. The second kappa shape index (κ2) is 6.63. The summed E-state index contributed by atoms with van der Waals surface area (Å²) in [7, 11) is 0. The monoisotopic (exact) mass is 343 g/mol. The maximum atomic E-state index is 12.6. The van der Waals surface area contributed by atoms with Crippen molar-refractivity contribution in [1.29, 1.82) is 0 Å². The predicted molar refractivity (Wildman–Crippen MR) is 80.3 cm³/mol. The molecule has 0 aliphatic heterocycles. The van der Waals surface area contributed by atoms with Crippen LogP contribution in [0.5, 0.6) is 5.75 Å². The molecule has 2 aliphatic rings. The van der Waals surface area contributed by atoms with Crippen molar-refractivity contribution in [3.8, 4) is 5.75 Å². The summed E-state index contributed by atoms with van der Waals surface area (Å²) in [6, 6.07) is 4.48. The van der Waals surface area contributed by atoms with Gasteiger partial charge in [0, 0.05) is 12.5 Å². The Labute approximate surface area is 138 Å². The van der Waals surface area contributed by atoms with Gasteiger partial charge in [0.2, 0.25) is 5.91 Å². The van der Waals surface area contributed by atoms with Crippen LogP contribution in [0.4, 0.5) is 13.2 Å². The van der Waals surface area contributed by atoms with Crippen LogP contribution in [-0.4, -0.2) is 30.3 Å². The highest BCUT2D eigenvalue weighted by Crippen LogP contribution is 2.57. The molecule has 0 saturated heterocycles. The van der Waals surface area contributed by atoms with E-state index in [2.05, 4.69) is 5.32 Å². The lowest BCUT2D eigenvalue weighted by molar-refractivity contribution is -0.137. The zero-order valence-electron chi connectivity index (χ0n) is 13.1. The van der Waals surface area contributed by atoms with Crippen LogP contribution in [0.3, 0.4) is 0 Å². The van der Waals surface area contributed by atoms with Crippen LogP contribution in [0.2, 0.25) is 0 Å². The molecule has 2 saturated carbocycles. The van der Waals surface area contributed by atoms with Crippen molar-refractivity contribution in [1.82, 2.24) is 5.32 Å². The van der Waals surface area contributed by atoms with E-state index in [1.807, 2.05) is 0 Å². The van der Waals surface area contributed by atoms with Gasteiger partial charge in [0.1, 0.15) is 18.5 Å². The molecular formula is C17H20F3NO3. The minimum absolute atomic E-state index is 0.0342. The second-order valence-corrected chi connectivity index (χ2v) is 6.52. The zero-order chi connectivity index (χ0) is 17.3. The molecule has 3 rings (SSSR count). The molecule has 0 bridgehead atoms. The fourth-order valence-corrected chi connectivity index (χ4v) is 3.56. The summed E-state index contributed by atoms with van der Waals surface area (Å²) in [4.78, 5) is 12.0. The third-order valence-electron chi connectivity index (χ3n) is 4.82. The Hall–Kier alpha value is -1.76. The van der Waals surface area contributed by atoms with Gasteiger partial charge in [0.15, 0.2) is 0 Å². The van der Waals surface area contributed by atoms with E-state index in [4.69, 9.17) is 4.74 Å². The van der Waals surface area contributed by atoms with Crippen molar-refractivity contribution in [2.75, 3.05) is 13.2 Å². The SMILES string of the molecule is O=C(NCC(O)COc1cccc(C(F)(F)F)c1)C1C2CCCC21. The molecule has 7 heteroatoms. The molecule has 1 amide bonds. The van der Waals surface area contributed by atoms with Gasteiger partial charge in [0.05, 0.1) is 5.56 Å². The average molecular weight is 343 g/mol. The van der Waals surface area contributed by atoms with Crippen LogP contribution >= 0.6 is 0 Å². The smallest absolute Gasteiger partial charge is 0.416 e. The van der Waals surface area contributed by atoms with Gasteiger partial charge in [-0.1, -0.05) is 12.5 Å². The number of aliphatic hydroxyl groups is 1. The number of benzene rings is 1. The van der Waals surface area contributed by atoms with Crippen LogP contribution in [0.25, 0.3) is 0 Å². The summed E-state index contributed by atoms with van der Waals surface area (Å²) < 4.78 is 43.0. The number of amides is 1. The summed E-state index contributed by atoms with van der Waals surface area (Å²) in [5.74, 6) is 1.08. The number of nitrogens with one attached hydrogen (secondary N) is 1. The van der Waals surface area contributed by atoms with Crippen molar-refractivity contribution in [2.24, 2.45) is 17.8 Å². The van der Waals surface area contributed by atoms with Gasteiger partial charge in [-0.3, -0.25) is 4.79 Å². The normalized spacial score (nSPS) is 26.6. The number of alkyl halides is 3. The Balaban J connectivity index is 1.41. The fraction of sp³-hybridized carbons (Fsp3) is 0.588. The van der Waals surface area contributed by atoms with E-state index in [1.165, 1.54) is 18.6 Å². The summed E-state index contributed by atoms with van der Waals surface area (Å²) in [6.07, 6.45) is -2.02. The molecule has 2 fully saturated rings.